The van der Waals surface area contributed by atoms with Gasteiger partial charge in [0.25, 0.3) is 0 Å². The number of hydrogen-bond acceptors (Lipinski definition) is 2. The van der Waals surface area contributed by atoms with Gasteiger partial charge < -0.3 is 5.32 Å². The van der Waals surface area contributed by atoms with Crippen LogP contribution in [0, 0.1) is 5.92 Å². The molecule has 0 aromatic heterocycles. The van der Waals surface area contributed by atoms with E-state index in [-0.39, 0.29) is 0 Å². The third-order valence-electron chi connectivity index (χ3n) is 3.30. The molecule has 0 saturated carbocycles. The third kappa shape index (κ3) is 3.75. The molecule has 1 atom stereocenters. The lowest BCUT2D eigenvalue weighted by molar-refractivity contribution is 0.501. The van der Waals surface area contributed by atoms with Gasteiger partial charge in [0.05, 0.1) is 0 Å². The molecular weight excluding hydrogens is 226 g/mol. The zero-order valence-corrected chi connectivity index (χ0v) is 11.7. The second-order valence-electron chi connectivity index (χ2n) is 5.25. The highest BCUT2D eigenvalue weighted by Gasteiger charge is 2.21. The monoisotopic (exact) mass is 249 g/mol. The molecule has 0 fully saturated rings. The van der Waals surface area contributed by atoms with Crippen molar-refractivity contribution < 1.29 is 0 Å². The number of nitrogens with one attached hydrogen (secondary N) is 1. The van der Waals surface area contributed by atoms with Gasteiger partial charge in [-0.05, 0) is 30.5 Å². The van der Waals surface area contributed by atoms with E-state index in [1.807, 2.05) is 11.8 Å². The van der Waals surface area contributed by atoms with Crippen molar-refractivity contribution in [2.75, 3.05) is 12.3 Å². The summed E-state index contributed by atoms with van der Waals surface area (Å²) < 4.78 is 0. The van der Waals surface area contributed by atoms with E-state index >= 15 is 0 Å². The molecule has 1 unspecified atom stereocenters. The average Bonchev–Trinajstić information content (AvgIpc) is 2.72. The predicted molar refractivity (Wildman–Crippen MR) is 76.6 cm³/mol. The van der Waals surface area contributed by atoms with Gasteiger partial charge in [0, 0.05) is 16.7 Å². The number of thioether (sulfide) groups is 1. The highest BCUT2D eigenvalue weighted by molar-refractivity contribution is 7.99. The summed E-state index contributed by atoms with van der Waals surface area (Å²) in [7, 11) is 0. The summed E-state index contributed by atoms with van der Waals surface area (Å²) in [6, 6.07) is 9.37. The van der Waals surface area contributed by atoms with Crippen LogP contribution < -0.4 is 5.32 Å². The van der Waals surface area contributed by atoms with Gasteiger partial charge in [0.2, 0.25) is 0 Å². The van der Waals surface area contributed by atoms with Crippen LogP contribution in [0.4, 0.5) is 0 Å². The lowest BCUT2D eigenvalue weighted by Gasteiger charge is -2.13. The molecule has 0 saturated heterocycles. The van der Waals surface area contributed by atoms with Crippen LogP contribution in [0.3, 0.4) is 0 Å². The van der Waals surface area contributed by atoms with Crippen LogP contribution in [0.5, 0.6) is 0 Å². The van der Waals surface area contributed by atoms with Crippen LogP contribution in [0.1, 0.15) is 44.7 Å². The molecule has 0 spiro atoms. The van der Waals surface area contributed by atoms with Crippen molar-refractivity contribution in [1.82, 2.24) is 5.32 Å². The molecule has 17 heavy (non-hydrogen) atoms. The van der Waals surface area contributed by atoms with Crippen LogP contribution in [-0.4, -0.2) is 12.3 Å². The van der Waals surface area contributed by atoms with E-state index in [1.54, 1.807) is 0 Å². The van der Waals surface area contributed by atoms with E-state index in [4.69, 9.17) is 0 Å². The fourth-order valence-electron chi connectivity index (χ4n) is 2.29. The Morgan fingerprint density at radius 3 is 2.94 bits per heavy atom. The molecule has 94 valence electrons. The van der Waals surface area contributed by atoms with Gasteiger partial charge in [0.1, 0.15) is 0 Å². The zero-order chi connectivity index (χ0) is 12.1. The first-order valence-corrected chi connectivity index (χ1v) is 7.71. The van der Waals surface area contributed by atoms with Gasteiger partial charge in [-0.1, -0.05) is 44.9 Å². The first-order chi connectivity index (χ1) is 8.27. The van der Waals surface area contributed by atoms with Gasteiger partial charge >= 0.3 is 0 Å². The Labute approximate surface area is 109 Å². The Hall–Kier alpha value is -0.470. The van der Waals surface area contributed by atoms with Gasteiger partial charge in [-0.15, -0.1) is 11.8 Å². The predicted octanol–water partition coefficient (Wildman–Crippen LogP) is 4.25. The van der Waals surface area contributed by atoms with Gasteiger partial charge in [-0.2, -0.15) is 0 Å². The maximum absolute atomic E-state index is 3.69. The van der Waals surface area contributed by atoms with Gasteiger partial charge in [-0.3, -0.25) is 0 Å². The average molecular weight is 249 g/mol. The SMILES string of the molecule is CC(C)CCCCNC1CSc2ccccc21. The molecule has 0 aliphatic carbocycles. The Kier molecular flexibility index (Phi) is 4.93. The lowest BCUT2D eigenvalue weighted by Crippen LogP contribution is -2.22. The fourth-order valence-corrected chi connectivity index (χ4v) is 3.48. The summed E-state index contributed by atoms with van der Waals surface area (Å²) in [4.78, 5) is 1.46. The number of unbranched alkanes of at least 4 members (excludes halogenated alkanes) is 1. The minimum Gasteiger partial charge on any atom is -0.309 e. The molecule has 0 bridgehead atoms. The Morgan fingerprint density at radius 1 is 1.29 bits per heavy atom. The number of benzene rings is 1. The molecule has 1 N–H and O–H groups in total. The molecule has 1 heterocycles. The fraction of sp³-hybridized carbons (Fsp3) is 0.600. The van der Waals surface area contributed by atoms with Crippen LogP contribution in [0.2, 0.25) is 0 Å². The van der Waals surface area contributed by atoms with E-state index in [0.717, 1.165) is 12.5 Å². The number of hydrogen-bond donors (Lipinski definition) is 1. The summed E-state index contributed by atoms with van der Waals surface area (Å²) in [5, 5.41) is 3.69. The zero-order valence-electron chi connectivity index (χ0n) is 10.9. The summed E-state index contributed by atoms with van der Waals surface area (Å²) in [5.41, 5.74) is 1.50. The normalized spacial score (nSPS) is 18.6. The Bertz CT molecular complexity index is 349. The molecule has 1 aliphatic rings. The van der Waals surface area contributed by atoms with E-state index in [9.17, 15) is 0 Å². The molecule has 0 radical (unpaired) electrons. The summed E-state index contributed by atoms with van der Waals surface area (Å²) in [5.74, 6) is 2.04. The Morgan fingerprint density at radius 2 is 2.12 bits per heavy atom. The summed E-state index contributed by atoms with van der Waals surface area (Å²) >= 11 is 1.98. The smallest absolute Gasteiger partial charge is 0.0426 e. The van der Waals surface area contributed by atoms with Crippen LogP contribution in [0.25, 0.3) is 0 Å². The molecule has 2 heteroatoms. The van der Waals surface area contributed by atoms with Crippen molar-refractivity contribution in [2.45, 2.75) is 44.0 Å². The molecule has 1 aromatic rings. The van der Waals surface area contributed by atoms with E-state index in [1.165, 1.54) is 35.5 Å². The van der Waals surface area contributed by atoms with Crippen molar-refractivity contribution in [1.29, 1.82) is 0 Å². The van der Waals surface area contributed by atoms with Crippen molar-refractivity contribution in [3.8, 4) is 0 Å². The van der Waals surface area contributed by atoms with Crippen molar-refractivity contribution >= 4 is 11.8 Å². The van der Waals surface area contributed by atoms with E-state index in [0.29, 0.717) is 6.04 Å². The maximum Gasteiger partial charge on any atom is 0.0426 e. The van der Waals surface area contributed by atoms with Crippen molar-refractivity contribution in [2.24, 2.45) is 5.92 Å². The van der Waals surface area contributed by atoms with E-state index < -0.39 is 0 Å². The molecule has 1 nitrogen and oxygen atoms in total. The minimum atomic E-state index is 0.579. The second kappa shape index (κ2) is 6.46. The maximum atomic E-state index is 3.69. The molecule has 1 aliphatic heterocycles. The van der Waals surface area contributed by atoms with Crippen molar-refractivity contribution in [3.63, 3.8) is 0 Å². The van der Waals surface area contributed by atoms with Crippen LogP contribution >= 0.6 is 11.8 Å². The number of rotatable bonds is 6. The highest BCUT2D eigenvalue weighted by Crippen LogP contribution is 2.37. The summed E-state index contributed by atoms with van der Waals surface area (Å²) in [6.45, 7) is 5.76. The highest BCUT2D eigenvalue weighted by atomic mass is 32.2. The van der Waals surface area contributed by atoms with Gasteiger partial charge in [-0.25, -0.2) is 0 Å². The largest absolute Gasteiger partial charge is 0.309 e. The van der Waals surface area contributed by atoms with Crippen molar-refractivity contribution in [3.05, 3.63) is 29.8 Å². The summed E-state index contributed by atoms with van der Waals surface area (Å²) in [6.07, 6.45) is 4.02. The Balaban J connectivity index is 1.71. The lowest BCUT2D eigenvalue weighted by atomic mass is 10.1. The first kappa shape index (κ1) is 13.0. The van der Waals surface area contributed by atoms with Crippen LogP contribution in [-0.2, 0) is 0 Å². The molecule has 0 amide bonds. The molecule has 1 aromatic carbocycles. The van der Waals surface area contributed by atoms with Crippen LogP contribution in [0.15, 0.2) is 29.2 Å². The topological polar surface area (TPSA) is 12.0 Å². The second-order valence-corrected chi connectivity index (χ2v) is 6.31. The molecular formula is C15H23NS. The van der Waals surface area contributed by atoms with E-state index in [2.05, 4.69) is 43.4 Å². The third-order valence-corrected chi connectivity index (χ3v) is 4.48. The molecule has 2 rings (SSSR count). The quantitative estimate of drug-likeness (QED) is 0.756. The number of fused-ring (bicyclic) bond motifs is 1. The first-order valence-electron chi connectivity index (χ1n) is 6.72. The standard InChI is InChI=1S/C15H23NS/c1-12(2)7-5-6-10-16-14-11-17-15-9-4-3-8-13(14)15/h3-4,8-9,12,14,16H,5-7,10-11H2,1-2H3. The van der Waals surface area contributed by atoms with Gasteiger partial charge in [0.15, 0.2) is 0 Å². The minimum absolute atomic E-state index is 0.579.